The van der Waals surface area contributed by atoms with Gasteiger partial charge in [0.15, 0.2) is 5.37 Å². The van der Waals surface area contributed by atoms with E-state index in [1.807, 2.05) is 12.1 Å². The number of anilines is 2. The molecule has 120 valence electrons. The molecule has 0 radical (unpaired) electrons. The fraction of sp³-hybridized carbons (Fsp3) is 0.133. The van der Waals surface area contributed by atoms with Crippen LogP contribution in [0.4, 0.5) is 24.5 Å². The van der Waals surface area contributed by atoms with Crippen LogP contribution in [0.2, 0.25) is 5.02 Å². The van der Waals surface area contributed by atoms with E-state index < -0.39 is 17.1 Å². The minimum absolute atomic E-state index is 0.175. The van der Waals surface area contributed by atoms with Crippen LogP contribution >= 0.6 is 23.4 Å². The molecule has 0 saturated carbocycles. The smallest absolute Gasteiger partial charge is 0.365 e. The van der Waals surface area contributed by atoms with Crippen LogP contribution in [0.25, 0.3) is 0 Å². The van der Waals surface area contributed by atoms with Crippen molar-refractivity contribution in [2.45, 2.75) is 16.4 Å². The van der Waals surface area contributed by atoms with Gasteiger partial charge in [-0.1, -0.05) is 35.5 Å². The molecule has 3 nitrogen and oxygen atoms in total. The Morgan fingerprint density at radius 1 is 1.17 bits per heavy atom. The third-order valence-electron chi connectivity index (χ3n) is 3.20. The summed E-state index contributed by atoms with van der Waals surface area (Å²) in [5.41, 5.74) is -0.0767. The molecule has 1 aliphatic heterocycles. The van der Waals surface area contributed by atoms with Crippen molar-refractivity contribution in [2.24, 2.45) is 0 Å². The fourth-order valence-electron chi connectivity index (χ4n) is 2.13. The number of para-hydroxylation sites is 1. The predicted octanol–water partition coefficient (Wildman–Crippen LogP) is 4.84. The number of fused-ring (bicyclic) bond motifs is 1. The zero-order valence-electron chi connectivity index (χ0n) is 11.4. The number of benzene rings is 2. The normalized spacial score (nSPS) is 17.4. The van der Waals surface area contributed by atoms with E-state index in [1.165, 1.54) is 17.8 Å². The number of alkyl halides is 3. The molecule has 1 unspecified atom stereocenters. The van der Waals surface area contributed by atoms with Crippen LogP contribution in [0.15, 0.2) is 47.4 Å². The molecule has 3 rings (SSSR count). The van der Waals surface area contributed by atoms with Gasteiger partial charge in [-0.2, -0.15) is 13.2 Å². The molecular formula is C15H10ClF3N2OS. The summed E-state index contributed by atoms with van der Waals surface area (Å²) >= 11 is 6.83. The van der Waals surface area contributed by atoms with Crippen molar-refractivity contribution < 1.29 is 18.0 Å². The van der Waals surface area contributed by atoms with Gasteiger partial charge < -0.3 is 10.6 Å². The highest BCUT2D eigenvalue weighted by atomic mass is 35.5. The Balaban J connectivity index is 1.84. The topological polar surface area (TPSA) is 41.1 Å². The fourth-order valence-corrected chi connectivity index (χ4v) is 3.37. The Morgan fingerprint density at radius 3 is 2.65 bits per heavy atom. The zero-order valence-corrected chi connectivity index (χ0v) is 13.0. The number of amides is 1. The molecule has 23 heavy (non-hydrogen) atoms. The number of rotatable bonds is 2. The van der Waals surface area contributed by atoms with Crippen molar-refractivity contribution >= 4 is 40.6 Å². The monoisotopic (exact) mass is 358 g/mol. The van der Waals surface area contributed by atoms with Crippen molar-refractivity contribution in [1.82, 2.24) is 0 Å². The molecule has 0 bridgehead atoms. The summed E-state index contributed by atoms with van der Waals surface area (Å²) in [6.45, 7) is 0. The maximum absolute atomic E-state index is 12.9. The number of hydrogen-bond acceptors (Lipinski definition) is 3. The van der Waals surface area contributed by atoms with E-state index in [4.69, 9.17) is 11.6 Å². The minimum Gasteiger partial charge on any atom is -0.365 e. The first-order valence-electron chi connectivity index (χ1n) is 6.54. The van der Waals surface area contributed by atoms with Crippen molar-refractivity contribution in [1.29, 1.82) is 0 Å². The number of hydrogen-bond donors (Lipinski definition) is 2. The summed E-state index contributed by atoms with van der Waals surface area (Å²) in [5.74, 6) is -0.322. The molecule has 8 heteroatoms. The third-order valence-corrected chi connectivity index (χ3v) is 4.70. The van der Waals surface area contributed by atoms with Crippen LogP contribution in [0, 0.1) is 0 Å². The molecule has 0 fully saturated rings. The average molecular weight is 359 g/mol. The Kier molecular flexibility index (Phi) is 4.16. The molecule has 1 amide bonds. The summed E-state index contributed by atoms with van der Waals surface area (Å²) in [7, 11) is 0. The zero-order chi connectivity index (χ0) is 16.6. The molecular weight excluding hydrogens is 349 g/mol. The lowest BCUT2D eigenvalue weighted by atomic mass is 10.2. The number of carbonyl (C=O) groups excluding carboxylic acids is 1. The highest BCUT2D eigenvalue weighted by molar-refractivity contribution is 8.01. The molecule has 2 aromatic rings. The van der Waals surface area contributed by atoms with E-state index in [0.717, 1.165) is 17.0 Å². The Morgan fingerprint density at radius 2 is 1.91 bits per heavy atom. The van der Waals surface area contributed by atoms with E-state index in [-0.39, 0.29) is 16.6 Å². The Hall–Kier alpha value is -1.86. The summed E-state index contributed by atoms with van der Waals surface area (Å²) in [4.78, 5) is 12.9. The molecule has 2 N–H and O–H groups in total. The van der Waals surface area contributed by atoms with Gasteiger partial charge in [-0.25, -0.2) is 0 Å². The van der Waals surface area contributed by atoms with Crippen molar-refractivity contribution in [3.05, 3.63) is 53.1 Å². The van der Waals surface area contributed by atoms with Gasteiger partial charge in [0.2, 0.25) is 0 Å². The van der Waals surface area contributed by atoms with Crippen LogP contribution < -0.4 is 10.6 Å². The second-order valence-corrected chi connectivity index (χ2v) is 6.37. The number of thioether (sulfide) groups is 1. The Bertz CT molecular complexity index is 767. The largest absolute Gasteiger partial charge is 0.417 e. The lowest BCUT2D eigenvalue weighted by Crippen LogP contribution is -2.34. The molecule has 0 aliphatic carbocycles. The van der Waals surface area contributed by atoms with Gasteiger partial charge in [-0.3, -0.25) is 4.79 Å². The van der Waals surface area contributed by atoms with Gasteiger partial charge >= 0.3 is 6.18 Å². The second-order valence-electron chi connectivity index (χ2n) is 4.82. The van der Waals surface area contributed by atoms with Crippen LogP contribution in [0.1, 0.15) is 5.56 Å². The van der Waals surface area contributed by atoms with Crippen molar-refractivity contribution in [3.63, 3.8) is 0 Å². The predicted molar refractivity (Wildman–Crippen MR) is 84.8 cm³/mol. The standard InChI is InChI=1S/C15H10ClF3N2OS/c16-10-6-5-8(7-9(10)15(17,18)19)20-14-13(22)21-11-3-1-2-4-12(11)23-14/h1-7,14,20H,(H,21,22). The van der Waals surface area contributed by atoms with Gasteiger partial charge in [0.05, 0.1) is 16.3 Å². The van der Waals surface area contributed by atoms with Gasteiger partial charge in [-0.05, 0) is 30.3 Å². The highest BCUT2D eigenvalue weighted by Gasteiger charge is 2.34. The summed E-state index contributed by atoms with van der Waals surface area (Å²) in [6.07, 6.45) is -4.55. The third kappa shape index (κ3) is 3.40. The SMILES string of the molecule is O=C1Nc2ccccc2SC1Nc1ccc(Cl)c(C(F)(F)F)c1. The van der Waals surface area contributed by atoms with E-state index >= 15 is 0 Å². The molecule has 0 aromatic heterocycles. The maximum Gasteiger partial charge on any atom is 0.417 e. The number of carbonyl (C=O) groups is 1. The van der Waals surface area contributed by atoms with Gasteiger partial charge in [0.25, 0.3) is 5.91 Å². The van der Waals surface area contributed by atoms with E-state index in [2.05, 4.69) is 10.6 Å². The summed E-state index contributed by atoms with van der Waals surface area (Å²) in [6, 6.07) is 10.7. The molecule has 2 aromatic carbocycles. The van der Waals surface area contributed by atoms with E-state index in [1.54, 1.807) is 12.1 Å². The maximum atomic E-state index is 12.9. The van der Waals surface area contributed by atoms with Crippen molar-refractivity contribution in [3.8, 4) is 0 Å². The van der Waals surface area contributed by atoms with Crippen molar-refractivity contribution in [2.75, 3.05) is 10.6 Å². The van der Waals surface area contributed by atoms with Crippen LogP contribution in [-0.2, 0) is 11.0 Å². The van der Waals surface area contributed by atoms with Gasteiger partial charge in [0, 0.05) is 10.6 Å². The van der Waals surface area contributed by atoms with Gasteiger partial charge in [0.1, 0.15) is 0 Å². The molecule has 1 aliphatic rings. The number of nitrogens with one attached hydrogen (secondary N) is 2. The molecule has 1 heterocycles. The molecule has 1 atom stereocenters. The lowest BCUT2D eigenvalue weighted by Gasteiger charge is -2.25. The van der Waals surface area contributed by atoms with E-state index in [0.29, 0.717) is 5.69 Å². The van der Waals surface area contributed by atoms with Crippen LogP contribution in [-0.4, -0.2) is 11.3 Å². The first kappa shape index (κ1) is 16.0. The highest BCUT2D eigenvalue weighted by Crippen LogP contribution is 2.38. The number of halogens is 4. The molecule has 0 spiro atoms. The summed E-state index contributed by atoms with van der Waals surface area (Å²) < 4.78 is 38.7. The first-order valence-corrected chi connectivity index (χ1v) is 7.80. The van der Waals surface area contributed by atoms with E-state index in [9.17, 15) is 18.0 Å². The quantitative estimate of drug-likeness (QED) is 0.807. The van der Waals surface area contributed by atoms with Crippen LogP contribution in [0.3, 0.4) is 0 Å². The average Bonchev–Trinajstić information content (AvgIpc) is 2.49. The lowest BCUT2D eigenvalue weighted by molar-refractivity contribution is -0.137. The second kappa shape index (κ2) is 5.98. The van der Waals surface area contributed by atoms with Crippen LogP contribution in [0.5, 0.6) is 0 Å². The van der Waals surface area contributed by atoms with Gasteiger partial charge in [-0.15, -0.1) is 0 Å². The minimum atomic E-state index is -4.55. The molecule has 0 saturated heterocycles. The Labute approximate surface area is 139 Å². The first-order chi connectivity index (χ1) is 10.8. The summed E-state index contributed by atoms with van der Waals surface area (Å²) in [5, 5.41) is 4.41.